The van der Waals surface area contributed by atoms with Crippen LogP contribution in [0.5, 0.6) is 5.75 Å². The van der Waals surface area contributed by atoms with Gasteiger partial charge in [0.1, 0.15) is 11.4 Å². The third kappa shape index (κ3) is 7.41. The highest BCUT2D eigenvalue weighted by atomic mass is 32.2. The van der Waals surface area contributed by atoms with E-state index in [4.69, 9.17) is 10.5 Å². The van der Waals surface area contributed by atoms with E-state index in [1.807, 2.05) is 6.92 Å². The average Bonchev–Trinajstić information content (AvgIpc) is 3.38. The number of β-amino-alcohol motifs (C(OH)–C–C–N with tert-alkyl or cyclic N) is 1. The van der Waals surface area contributed by atoms with E-state index >= 15 is 0 Å². The fraction of sp³-hybridized carbons (Fsp3) is 0.586. The normalized spacial score (nSPS) is 18.8. The highest BCUT2D eigenvalue weighted by Crippen LogP contribution is 2.31. The van der Waals surface area contributed by atoms with Crippen LogP contribution >= 0.6 is 0 Å². The minimum Gasteiger partial charge on any atom is -0.493 e. The van der Waals surface area contributed by atoms with E-state index in [2.05, 4.69) is 20.4 Å². The SMILES string of the molecule is CCOc1ccc(S(=O)(=O)N2CCNCC2N2CCN(CCO)CC2)cc1C(=O)Nc1c(CCCF)cn(CC)c1C(N)=O. The van der Waals surface area contributed by atoms with E-state index in [0.29, 0.717) is 44.8 Å². The molecule has 44 heavy (non-hydrogen) atoms. The molecule has 1 aromatic heterocycles. The summed E-state index contributed by atoms with van der Waals surface area (Å²) >= 11 is 0. The molecule has 2 fully saturated rings. The molecule has 1 atom stereocenters. The zero-order chi connectivity index (χ0) is 31.9. The number of aliphatic hydroxyl groups excluding tert-OH is 1. The second-order valence-electron chi connectivity index (χ2n) is 10.8. The molecule has 0 radical (unpaired) electrons. The number of nitrogens with two attached hydrogens (primary N) is 1. The van der Waals surface area contributed by atoms with E-state index in [1.165, 1.54) is 22.5 Å². The van der Waals surface area contributed by atoms with Gasteiger partial charge in [-0.2, -0.15) is 4.31 Å². The summed E-state index contributed by atoms with van der Waals surface area (Å²) in [5, 5.41) is 15.3. The van der Waals surface area contributed by atoms with Crippen molar-refractivity contribution in [1.29, 1.82) is 0 Å². The largest absolute Gasteiger partial charge is 0.493 e. The number of carbonyl (C=O) groups is 2. The average molecular weight is 638 g/mol. The van der Waals surface area contributed by atoms with Crippen LogP contribution in [0.15, 0.2) is 29.3 Å². The highest BCUT2D eigenvalue weighted by Gasteiger charge is 2.38. The lowest BCUT2D eigenvalue weighted by Crippen LogP contribution is -2.63. The van der Waals surface area contributed by atoms with E-state index in [9.17, 15) is 27.5 Å². The number of aliphatic hydroxyl groups is 1. The van der Waals surface area contributed by atoms with Crippen molar-refractivity contribution < 1.29 is 32.2 Å². The van der Waals surface area contributed by atoms with Gasteiger partial charge >= 0.3 is 0 Å². The number of sulfonamides is 1. The summed E-state index contributed by atoms with van der Waals surface area (Å²) in [4.78, 5) is 30.4. The van der Waals surface area contributed by atoms with E-state index in [1.54, 1.807) is 17.7 Å². The van der Waals surface area contributed by atoms with Gasteiger partial charge in [-0.15, -0.1) is 0 Å². The van der Waals surface area contributed by atoms with E-state index in [-0.39, 0.29) is 60.2 Å². The topological polar surface area (TPSA) is 162 Å². The fourth-order valence-electron chi connectivity index (χ4n) is 5.85. The number of carbonyl (C=O) groups excluding carboxylic acids is 2. The fourth-order valence-corrected chi connectivity index (χ4v) is 7.48. The van der Waals surface area contributed by atoms with Crippen LogP contribution in [0.1, 0.15) is 46.7 Å². The van der Waals surface area contributed by atoms with Crippen LogP contribution in [-0.4, -0.2) is 122 Å². The van der Waals surface area contributed by atoms with Gasteiger partial charge in [-0.1, -0.05) is 0 Å². The molecule has 0 bridgehead atoms. The Labute approximate surface area is 258 Å². The number of amides is 2. The van der Waals surface area contributed by atoms with Gasteiger partial charge in [-0.3, -0.25) is 23.8 Å². The standard InChI is InChI=1S/C29H44FN7O6S/c1-3-35-20-21(6-5-9-30)26(27(35)28(31)39)33-29(40)23-18-22(7-8-24(23)43-4-2)44(41,42)37-11-10-32-19-25(37)36-14-12-34(13-15-36)16-17-38/h7-8,18,20,25,32,38H,3-6,9-17,19H2,1-2H3,(H2,31,39)(H,33,40). The van der Waals surface area contributed by atoms with Gasteiger partial charge in [-0.25, -0.2) is 8.42 Å². The first-order chi connectivity index (χ1) is 21.2. The quantitative estimate of drug-likeness (QED) is 0.234. The number of piperazine rings is 2. The number of anilines is 1. The van der Waals surface area contributed by atoms with Crippen LogP contribution < -0.4 is 21.1 Å². The Bertz CT molecular complexity index is 1410. The highest BCUT2D eigenvalue weighted by molar-refractivity contribution is 7.89. The second-order valence-corrected chi connectivity index (χ2v) is 12.7. The Morgan fingerprint density at radius 2 is 1.93 bits per heavy atom. The number of nitrogens with one attached hydrogen (secondary N) is 2. The molecule has 2 aliphatic heterocycles. The molecule has 0 aliphatic carbocycles. The minimum absolute atomic E-state index is 0.0201. The van der Waals surface area contributed by atoms with Crippen LogP contribution in [-0.2, 0) is 23.0 Å². The number of aryl methyl sites for hydroxylation is 2. The molecule has 2 aliphatic rings. The van der Waals surface area contributed by atoms with Gasteiger partial charge < -0.3 is 30.8 Å². The number of halogens is 1. The molecule has 0 spiro atoms. The summed E-state index contributed by atoms with van der Waals surface area (Å²) in [6, 6.07) is 4.20. The third-order valence-corrected chi connectivity index (χ3v) is 9.96. The molecule has 15 heteroatoms. The summed E-state index contributed by atoms with van der Waals surface area (Å²) in [6.45, 7) is 8.22. The summed E-state index contributed by atoms with van der Waals surface area (Å²) < 4.78 is 50.1. The molecule has 0 saturated carbocycles. The van der Waals surface area contributed by atoms with Crippen molar-refractivity contribution in [3.05, 3.63) is 41.2 Å². The van der Waals surface area contributed by atoms with Gasteiger partial charge in [0.25, 0.3) is 11.8 Å². The lowest BCUT2D eigenvalue weighted by molar-refractivity contribution is 0.0299. The van der Waals surface area contributed by atoms with Crippen molar-refractivity contribution in [1.82, 2.24) is 24.0 Å². The maximum atomic E-state index is 14.1. The Hall–Kier alpha value is -3.08. The van der Waals surface area contributed by atoms with Gasteiger partial charge in [0.2, 0.25) is 10.0 Å². The summed E-state index contributed by atoms with van der Waals surface area (Å²) in [7, 11) is -4.04. The van der Waals surface area contributed by atoms with Crippen LogP contribution in [0, 0.1) is 0 Å². The number of aromatic nitrogens is 1. The minimum atomic E-state index is -4.04. The Balaban J connectivity index is 1.66. The number of nitrogens with zero attached hydrogens (tertiary/aromatic N) is 4. The Morgan fingerprint density at radius 3 is 2.57 bits per heavy atom. The number of ether oxygens (including phenoxy) is 1. The predicted molar refractivity (Wildman–Crippen MR) is 164 cm³/mol. The van der Waals surface area contributed by atoms with Crippen LogP contribution in [0.3, 0.4) is 0 Å². The molecule has 13 nitrogen and oxygen atoms in total. The van der Waals surface area contributed by atoms with Crippen molar-refractivity contribution >= 4 is 27.5 Å². The maximum Gasteiger partial charge on any atom is 0.267 e. The Kier molecular flexibility index (Phi) is 11.7. The first-order valence-corrected chi connectivity index (χ1v) is 16.6. The zero-order valence-corrected chi connectivity index (χ0v) is 26.2. The molecule has 4 rings (SSSR count). The molecule has 244 valence electrons. The number of hydrogen-bond acceptors (Lipinski definition) is 9. The van der Waals surface area contributed by atoms with Crippen molar-refractivity contribution in [2.24, 2.45) is 5.73 Å². The lowest BCUT2D eigenvalue weighted by atomic mass is 10.1. The second kappa shape index (κ2) is 15.3. The smallest absolute Gasteiger partial charge is 0.267 e. The van der Waals surface area contributed by atoms with Gasteiger partial charge in [0.15, 0.2) is 0 Å². The third-order valence-electron chi connectivity index (χ3n) is 8.06. The monoisotopic (exact) mass is 637 g/mol. The van der Waals surface area contributed by atoms with Gasteiger partial charge in [0, 0.05) is 65.1 Å². The predicted octanol–water partition coefficient (Wildman–Crippen LogP) is 0.690. The van der Waals surface area contributed by atoms with Gasteiger partial charge in [0.05, 0.1) is 42.2 Å². The first kappa shape index (κ1) is 33.8. The number of alkyl halides is 1. The molecular weight excluding hydrogens is 593 g/mol. The zero-order valence-electron chi connectivity index (χ0n) is 25.4. The lowest BCUT2D eigenvalue weighted by Gasteiger charge is -2.45. The van der Waals surface area contributed by atoms with Gasteiger partial charge in [-0.05, 0) is 50.5 Å². The Morgan fingerprint density at radius 1 is 1.18 bits per heavy atom. The first-order valence-electron chi connectivity index (χ1n) is 15.1. The number of benzene rings is 1. The van der Waals surface area contributed by atoms with E-state index in [0.717, 1.165) is 13.1 Å². The molecule has 1 unspecified atom stereocenters. The molecule has 1 aromatic carbocycles. The van der Waals surface area contributed by atoms with Crippen LogP contribution in [0.4, 0.5) is 10.1 Å². The molecule has 5 N–H and O–H groups in total. The number of primary amides is 1. The number of hydrogen-bond donors (Lipinski definition) is 4. The molecular formula is C29H44FN7O6S. The molecule has 2 saturated heterocycles. The maximum absolute atomic E-state index is 14.1. The van der Waals surface area contributed by atoms with Crippen LogP contribution in [0.25, 0.3) is 0 Å². The molecule has 3 heterocycles. The molecule has 2 amide bonds. The summed E-state index contributed by atoms with van der Waals surface area (Å²) in [5.74, 6) is -1.25. The molecule has 2 aromatic rings. The summed E-state index contributed by atoms with van der Waals surface area (Å²) in [5.41, 5.74) is 6.46. The van der Waals surface area contributed by atoms with Crippen molar-refractivity contribution in [2.75, 3.05) is 77.6 Å². The number of rotatable bonds is 14. The van der Waals surface area contributed by atoms with Crippen LogP contribution in [0.2, 0.25) is 0 Å². The van der Waals surface area contributed by atoms with Crippen molar-refractivity contribution in [3.63, 3.8) is 0 Å². The van der Waals surface area contributed by atoms with Crippen molar-refractivity contribution in [3.8, 4) is 5.75 Å². The van der Waals surface area contributed by atoms with E-state index < -0.39 is 34.7 Å². The van der Waals surface area contributed by atoms with Crippen molar-refractivity contribution in [2.45, 2.75) is 44.3 Å². The summed E-state index contributed by atoms with van der Waals surface area (Å²) in [6.07, 6.45) is 1.71.